The molecule has 0 bridgehead atoms. The van der Waals surface area contributed by atoms with E-state index in [1.165, 1.54) is 54.4 Å². The second kappa shape index (κ2) is 8.77. The molecule has 4 rings (SSSR count). The molecule has 2 aliphatic carbocycles. The van der Waals surface area contributed by atoms with Crippen LogP contribution < -0.4 is 4.74 Å². The molecule has 6 atom stereocenters. The van der Waals surface area contributed by atoms with Gasteiger partial charge in [0.15, 0.2) is 0 Å². The Bertz CT molecular complexity index is 882. The van der Waals surface area contributed by atoms with Crippen LogP contribution >= 0.6 is 0 Å². The average molecular weight is 405 g/mol. The number of hydrogen-bond donors (Lipinski definition) is 0. The van der Waals surface area contributed by atoms with Gasteiger partial charge in [-0.2, -0.15) is 0 Å². The van der Waals surface area contributed by atoms with Crippen LogP contribution in [0.4, 0.5) is 0 Å². The fourth-order valence-corrected chi connectivity index (χ4v) is 6.31. The number of benzene rings is 2. The van der Waals surface area contributed by atoms with E-state index < -0.39 is 0 Å². The molecule has 0 aliphatic heterocycles. The molecule has 2 aromatic carbocycles. The number of rotatable bonds is 4. The number of fused-ring (bicyclic) bond motifs is 1. The quantitative estimate of drug-likeness (QED) is 0.498. The van der Waals surface area contributed by atoms with E-state index in [1.807, 2.05) is 0 Å². The van der Waals surface area contributed by atoms with Crippen molar-refractivity contribution in [1.29, 1.82) is 0 Å². The first-order valence-corrected chi connectivity index (χ1v) is 12.2. The lowest BCUT2D eigenvalue weighted by Crippen LogP contribution is -2.41. The summed E-state index contributed by atoms with van der Waals surface area (Å²) >= 11 is 0. The van der Waals surface area contributed by atoms with Crippen molar-refractivity contribution in [2.24, 2.45) is 35.5 Å². The van der Waals surface area contributed by atoms with Crippen molar-refractivity contribution in [1.82, 2.24) is 0 Å². The van der Waals surface area contributed by atoms with Gasteiger partial charge in [0.2, 0.25) is 0 Å². The summed E-state index contributed by atoms with van der Waals surface area (Å²) in [6.07, 6.45) is 6.90. The minimum Gasteiger partial charge on any atom is -0.457 e. The molecular formula is C29H40O. The van der Waals surface area contributed by atoms with Crippen LogP contribution in [-0.2, 0) is 6.42 Å². The second-order valence-corrected chi connectivity index (χ2v) is 10.6. The maximum absolute atomic E-state index is 6.24. The molecule has 0 N–H and O–H groups in total. The molecule has 0 heterocycles. The zero-order valence-electron chi connectivity index (χ0n) is 19.9. The summed E-state index contributed by atoms with van der Waals surface area (Å²) in [5.74, 6) is 7.27. The Morgan fingerprint density at radius 3 is 2.07 bits per heavy atom. The Kier molecular flexibility index (Phi) is 6.28. The van der Waals surface area contributed by atoms with E-state index in [9.17, 15) is 0 Å². The standard InChI is InChI=1S/C29H40O/c1-18-7-11-26(15-21(18)4)30-27-12-8-20(3)25(17-27)16-24-10-14-28-22(5)19(2)9-13-29(28)23(24)6/h7-8,11-12,15,17,19,22-24,28-29H,9-10,13-14,16H2,1-6H3. The monoisotopic (exact) mass is 404 g/mol. The first-order chi connectivity index (χ1) is 14.3. The average Bonchev–Trinajstić information content (AvgIpc) is 2.72. The molecule has 2 aliphatic rings. The predicted molar refractivity (Wildman–Crippen MR) is 127 cm³/mol. The van der Waals surface area contributed by atoms with Gasteiger partial charge in [-0.25, -0.2) is 0 Å². The summed E-state index contributed by atoms with van der Waals surface area (Å²) < 4.78 is 6.24. The van der Waals surface area contributed by atoms with E-state index in [-0.39, 0.29) is 0 Å². The SMILES string of the molecule is Cc1ccc(Oc2ccc(C)c(CC3CCC4C(C)C(C)CCC4C3C)c2)cc1C. The molecule has 0 radical (unpaired) electrons. The summed E-state index contributed by atoms with van der Waals surface area (Å²) in [4.78, 5) is 0. The Hall–Kier alpha value is -1.76. The maximum atomic E-state index is 6.24. The molecule has 0 aromatic heterocycles. The van der Waals surface area contributed by atoms with Gasteiger partial charge in [0.05, 0.1) is 0 Å². The van der Waals surface area contributed by atoms with Crippen LogP contribution in [0, 0.1) is 56.3 Å². The van der Waals surface area contributed by atoms with Gasteiger partial charge in [-0.15, -0.1) is 0 Å². The summed E-state index contributed by atoms with van der Waals surface area (Å²) in [5, 5.41) is 0. The van der Waals surface area contributed by atoms with Crippen LogP contribution in [0.25, 0.3) is 0 Å². The summed E-state index contributed by atoms with van der Waals surface area (Å²) in [7, 11) is 0. The van der Waals surface area contributed by atoms with E-state index >= 15 is 0 Å². The first kappa shape index (κ1) is 21.5. The molecule has 6 unspecified atom stereocenters. The number of ether oxygens (including phenoxy) is 1. The van der Waals surface area contributed by atoms with Crippen molar-refractivity contribution in [3.63, 3.8) is 0 Å². The van der Waals surface area contributed by atoms with Gasteiger partial charge >= 0.3 is 0 Å². The molecule has 30 heavy (non-hydrogen) atoms. The summed E-state index contributed by atoms with van der Waals surface area (Å²) in [6, 6.07) is 13.0. The van der Waals surface area contributed by atoms with Gasteiger partial charge in [-0.1, -0.05) is 39.3 Å². The van der Waals surface area contributed by atoms with Gasteiger partial charge in [-0.05, 0) is 128 Å². The van der Waals surface area contributed by atoms with Gasteiger partial charge in [0.25, 0.3) is 0 Å². The van der Waals surface area contributed by atoms with Gasteiger partial charge < -0.3 is 4.74 Å². The van der Waals surface area contributed by atoms with Crippen molar-refractivity contribution in [2.45, 2.75) is 73.6 Å². The lowest BCUT2D eigenvalue weighted by Gasteiger charge is -2.49. The highest BCUT2D eigenvalue weighted by molar-refractivity contribution is 5.40. The van der Waals surface area contributed by atoms with Crippen LogP contribution in [0.5, 0.6) is 11.5 Å². The molecule has 0 saturated heterocycles. The molecule has 162 valence electrons. The van der Waals surface area contributed by atoms with Gasteiger partial charge in [0.1, 0.15) is 11.5 Å². The van der Waals surface area contributed by atoms with Crippen molar-refractivity contribution in [2.75, 3.05) is 0 Å². The topological polar surface area (TPSA) is 9.23 Å². The molecule has 0 spiro atoms. The molecular weight excluding hydrogens is 364 g/mol. The molecule has 2 aromatic rings. The smallest absolute Gasteiger partial charge is 0.127 e. The van der Waals surface area contributed by atoms with Crippen LogP contribution in [0.1, 0.15) is 68.7 Å². The summed E-state index contributed by atoms with van der Waals surface area (Å²) in [5.41, 5.74) is 5.47. The fraction of sp³-hybridized carbons (Fsp3) is 0.586. The Balaban J connectivity index is 1.48. The number of aryl methyl sites for hydroxylation is 3. The third kappa shape index (κ3) is 4.32. The van der Waals surface area contributed by atoms with Crippen molar-refractivity contribution >= 4 is 0 Å². The van der Waals surface area contributed by atoms with Crippen LogP contribution in [0.2, 0.25) is 0 Å². The minimum atomic E-state index is 0.808. The van der Waals surface area contributed by atoms with Gasteiger partial charge in [-0.3, -0.25) is 0 Å². The molecule has 1 heteroatoms. The minimum absolute atomic E-state index is 0.808. The van der Waals surface area contributed by atoms with E-state index in [0.29, 0.717) is 0 Å². The Morgan fingerprint density at radius 2 is 1.33 bits per heavy atom. The van der Waals surface area contributed by atoms with E-state index in [2.05, 4.69) is 77.9 Å². The third-order valence-corrected chi connectivity index (χ3v) is 8.88. The summed E-state index contributed by atoms with van der Waals surface area (Å²) in [6.45, 7) is 14.1. The highest BCUT2D eigenvalue weighted by Gasteiger charge is 2.42. The Morgan fingerprint density at radius 1 is 0.700 bits per heavy atom. The maximum Gasteiger partial charge on any atom is 0.127 e. The van der Waals surface area contributed by atoms with Crippen molar-refractivity contribution in [3.8, 4) is 11.5 Å². The third-order valence-electron chi connectivity index (χ3n) is 8.88. The highest BCUT2D eigenvalue weighted by atomic mass is 16.5. The number of hydrogen-bond acceptors (Lipinski definition) is 1. The van der Waals surface area contributed by atoms with Crippen LogP contribution in [0.15, 0.2) is 36.4 Å². The lowest BCUT2D eigenvalue weighted by molar-refractivity contribution is 0.00700. The van der Waals surface area contributed by atoms with Crippen molar-refractivity contribution in [3.05, 3.63) is 58.7 Å². The first-order valence-electron chi connectivity index (χ1n) is 12.2. The lowest BCUT2D eigenvalue weighted by atomic mass is 9.56. The molecule has 2 fully saturated rings. The van der Waals surface area contributed by atoms with Crippen LogP contribution in [0.3, 0.4) is 0 Å². The second-order valence-electron chi connectivity index (χ2n) is 10.6. The molecule has 1 nitrogen and oxygen atoms in total. The predicted octanol–water partition coefficient (Wildman–Crippen LogP) is 8.29. The van der Waals surface area contributed by atoms with E-state index in [4.69, 9.17) is 4.74 Å². The van der Waals surface area contributed by atoms with Crippen molar-refractivity contribution < 1.29 is 4.74 Å². The highest BCUT2D eigenvalue weighted by Crippen LogP contribution is 2.51. The van der Waals surface area contributed by atoms with E-state index in [0.717, 1.165) is 47.0 Å². The molecule has 2 saturated carbocycles. The van der Waals surface area contributed by atoms with Crippen LogP contribution in [-0.4, -0.2) is 0 Å². The van der Waals surface area contributed by atoms with E-state index in [1.54, 1.807) is 0 Å². The zero-order valence-corrected chi connectivity index (χ0v) is 19.9. The zero-order chi connectivity index (χ0) is 21.4. The normalized spacial score (nSPS) is 31.3. The molecule has 0 amide bonds. The fourth-order valence-electron chi connectivity index (χ4n) is 6.31. The van der Waals surface area contributed by atoms with Gasteiger partial charge in [0, 0.05) is 0 Å². The Labute approximate surface area is 184 Å². The largest absolute Gasteiger partial charge is 0.457 e.